The maximum absolute atomic E-state index is 12.3. The van der Waals surface area contributed by atoms with Crippen molar-refractivity contribution in [3.05, 3.63) is 0 Å². The van der Waals surface area contributed by atoms with Crippen molar-refractivity contribution in [3.63, 3.8) is 0 Å². The first-order valence-electron chi connectivity index (χ1n) is 2.92. The van der Waals surface area contributed by atoms with Crippen molar-refractivity contribution in [2.45, 2.75) is 11.8 Å². The Morgan fingerprint density at radius 1 is 1.36 bits per heavy atom. The van der Waals surface area contributed by atoms with Gasteiger partial charge in [-0.05, 0) is 0 Å². The van der Waals surface area contributed by atoms with Gasteiger partial charge in [-0.25, -0.2) is 4.86 Å². The molecule has 0 heterocycles. The summed E-state index contributed by atoms with van der Waals surface area (Å²) < 4.78 is 66.8. The molecule has 0 aliphatic carbocycles. The largest absolute Gasteiger partial charge is 0.463 e. The fourth-order valence-electron chi connectivity index (χ4n) is 0.269. The zero-order valence-corrected chi connectivity index (χ0v) is 9.66. The molecule has 2 atom stereocenters. The molecule has 0 saturated heterocycles. The van der Waals surface area contributed by atoms with Crippen LogP contribution < -0.4 is 4.86 Å². The van der Waals surface area contributed by atoms with Gasteiger partial charge in [-0.3, -0.25) is 0 Å². The lowest BCUT2D eigenvalue weighted by atomic mass is 10.7. The highest BCUT2D eigenvalue weighted by Crippen LogP contribution is 2.49. The lowest BCUT2D eigenvalue weighted by Crippen LogP contribution is -2.30. The van der Waals surface area contributed by atoms with E-state index >= 15 is 0 Å². The Bertz CT molecular complexity index is 205. The van der Waals surface area contributed by atoms with Gasteiger partial charge in [0.05, 0.1) is 0 Å². The Morgan fingerprint density at radius 2 is 1.86 bits per heavy atom. The Balaban J connectivity index is 4.49. The van der Waals surface area contributed by atoms with Gasteiger partial charge in [-0.2, -0.15) is 26.5 Å². The number of hydrogen-bond donors (Lipinski definition) is 1. The van der Waals surface area contributed by atoms with Gasteiger partial charge in [0, 0.05) is 7.11 Å². The highest BCUT2D eigenvalue weighted by atomic mass is 31.2. The highest BCUT2D eigenvalue weighted by Gasteiger charge is 2.57. The van der Waals surface area contributed by atoms with Gasteiger partial charge in [0.15, 0.2) is 0 Å². The molecule has 0 aliphatic rings. The Labute approximate surface area is 81.9 Å². The minimum Gasteiger partial charge on any atom is -0.329 e. The number of halogens is 5. The minimum absolute atomic E-state index is 1.15. The van der Waals surface area contributed by atoms with E-state index in [9.17, 15) is 22.0 Å². The summed E-state index contributed by atoms with van der Waals surface area (Å²) in [6.45, 7) is 0. The topological polar surface area (TPSA) is 33.6 Å². The van der Waals surface area contributed by atoms with E-state index in [4.69, 9.17) is 0 Å². The van der Waals surface area contributed by atoms with Crippen molar-refractivity contribution in [2.75, 3.05) is 7.11 Å². The second kappa shape index (κ2) is 5.57. The summed E-state index contributed by atoms with van der Waals surface area (Å²) in [7, 11) is -0.143. The molecule has 84 valence electrons. The number of nitrogens with zero attached hydrogens (tertiary/aromatic N) is 1. The lowest BCUT2D eigenvalue weighted by Gasteiger charge is -2.14. The van der Waals surface area contributed by atoms with Crippen LogP contribution in [0.15, 0.2) is 4.52 Å². The molecule has 0 saturated carbocycles. The predicted octanol–water partition coefficient (Wildman–Crippen LogP) is 3.52. The van der Waals surface area contributed by atoms with Crippen LogP contribution in [0.1, 0.15) is 0 Å². The standard InChI is InChI=1S/C3H6F5N2OP3/c1-11-14(9-12)10-13-3(7,8)2(4,5)6/h9H,12H2,1H3. The van der Waals surface area contributed by atoms with E-state index in [0.29, 0.717) is 0 Å². The molecule has 1 N–H and O–H groups in total. The van der Waals surface area contributed by atoms with Gasteiger partial charge >= 0.3 is 11.8 Å². The maximum Gasteiger partial charge on any atom is 0.463 e. The molecule has 0 aliphatic heterocycles. The first-order valence-corrected chi connectivity index (χ1v) is 5.56. The van der Waals surface area contributed by atoms with Gasteiger partial charge in [0.25, 0.3) is 0 Å². The molecule has 0 bridgehead atoms. The van der Waals surface area contributed by atoms with Crippen molar-refractivity contribution in [1.29, 1.82) is 0 Å². The molecule has 0 aromatic carbocycles. The second-order valence-electron chi connectivity index (χ2n) is 1.81. The van der Waals surface area contributed by atoms with Gasteiger partial charge in [0.2, 0.25) is 8.45 Å². The van der Waals surface area contributed by atoms with Crippen LogP contribution >= 0.6 is 26.2 Å². The molecule has 0 amide bonds. The average molecular weight is 274 g/mol. The van der Waals surface area contributed by atoms with Crippen molar-refractivity contribution in [1.82, 2.24) is 4.86 Å². The molecule has 0 spiro atoms. The summed E-state index contributed by atoms with van der Waals surface area (Å²) in [6.07, 6.45) is -5.59. The summed E-state index contributed by atoms with van der Waals surface area (Å²) >= 11 is 0. The van der Waals surface area contributed by atoms with E-state index in [0.717, 1.165) is 7.11 Å². The normalized spacial score (nSPS) is 16.2. The van der Waals surface area contributed by atoms with Crippen LogP contribution in [0.2, 0.25) is 0 Å². The van der Waals surface area contributed by atoms with Crippen LogP contribution in [0.5, 0.6) is 0 Å². The lowest BCUT2D eigenvalue weighted by molar-refractivity contribution is -0.238. The highest BCUT2D eigenvalue weighted by molar-refractivity contribution is 7.59. The number of alkyl halides is 5. The van der Waals surface area contributed by atoms with Crippen LogP contribution in [-0.2, 0) is 4.52 Å². The molecule has 0 aromatic heterocycles. The average Bonchev–Trinajstić information content (AvgIpc) is 2.04. The van der Waals surface area contributed by atoms with Crippen molar-refractivity contribution < 1.29 is 26.5 Å². The fourth-order valence-corrected chi connectivity index (χ4v) is 2.54. The first-order chi connectivity index (χ1) is 6.24. The molecular formula is C3H6F5N2OP3. The third kappa shape index (κ3) is 4.37. The van der Waals surface area contributed by atoms with Gasteiger partial charge in [-0.1, -0.05) is 9.39 Å². The third-order valence-corrected chi connectivity index (χ3v) is 3.62. The van der Waals surface area contributed by atoms with Crippen molar-refractivity contribution >= 4 is 26.2 Å². The molecule has 0 rings (SSSR count). The van der Waals surface area contributed by atoms with E-state index in [1.807, 2.05) is 9.39 Å². The first kappa shape index (κ1) is 14.5. The van der Waals surface area contributed by atoms with Crippen LogP contribution in [0.4, 0.5) is 22.0 Å². The Kier molecular flexibility index (Phi) is 5.78. The van der Waals surface area contributed by atoms with E-state index in [1.165, 1.54) is 0 Å². The van der Waals surface area contributed by atoms with Gasteiger partial charge < -0.3 is 4.52 Å². The Hall–Kier alpha value is 0.530. The zero-order valence-electron chi connectivity index (χ0n) is 6.72. The van der Waals surface area contributed by atoms with Crippen LogP contribution in [-0.4, -0.2) is 18.9 Å². The maximum atomic E-state index is 12.3. The summed E-state index contributed by atoms with van der Waals surface area (Å²) in [4.78, 5) is 2.26. The number of hydrogen-bond acceptors (Lipinski definition) is 3. The third-order valence-electron chi connectivity index (χ3n) is 0.876. The molecule has 11 heteroatoms. The minimum atomic E-state index is -5.59. The van der Waals surface area contributed by atoms with Gasteiger partial charge in [0.1, 0.15) is 8.37 Å². The van der Waals surface area contributed by atoms with E-state index in [2.05, 4.69) is 13.9 Å². The fraction of sp³-hybridized carbons (Fsp3) is 1.00. The second-order valence-corrected chi connectivity index (χ2v) is 5.23. The number of rotatable bonds is 4. The molecule has 14 heavy (non-hydrogen) atoms. The van der Waals surface area contributed by atoms with Crippen LogP contribution in [0.25, 0.3) is 0 Å². The smallest absolute Gasteiger partial charge is 0.329 e. The summed E-state index contributed by atoms with van der Waals surface area (Å²) in [5.74, 6) is 0. The molecule has 0 fully saturated rings. The van der Waals surface area contributed by atoms with Crippen LogP contribution in [0, 0.1) is 0 Å². The van der Waals surface area contributed by atoms with Gasteiger partial charge in [-0.15, -0.1) is 0 Å². The van der Waals surface area contributed by atoms with Crippen molar-refractivity contribution in [2.24, 2.45) is 4.52 Å². The quantitative estimate of drug-likeness (QED) is 0.628. The monoisotopic (exact) mass is 274 g/mol. The number of nitrogens with one attached hydrogen (secondary N) is 1. The molecule has 2 unspecified atom stereocenters. The van der Waals surface area contributed by atoms with Crippen molar-refractivity contribution in [3.8, 4) is 0 Å². The van der Waals surface area contributed by atoms with E-state index < -0.39 is 28.7 Å². The van der Waals surface area contributed by atoms with Crippen LogP contribution in [0.3, 0.4) is 0 Å². The van der Waals surface area contributed by atoms with E-state index in [1.54, 1.807) is 0 Å². The Morgan fingerprint density at radius 3 is 2.14 bits per heavy atom. The molecular weight excluding hydrogens is 268 g/mol. The summed E-state index contributed by atoms with van der Waals surface area (Å²) in [5.41, 5.74) is -4.84. The zero-order chi connectivity index (χ0) is 11.4. The molecule has 0 aromatic rings. The van der Waals surface area contributed by atoms with E-state index in [-0.39, 0.29) is 0 Å². The summed E-state index contributed by atoms with van der Waals surface area (Å²) in [5, 5.41) is 0. The molecule has 0 radical (unpaired) electrons. The predicted molar refractivity (Wildman–Crippen MR) is 47.1 cm³/mol. The summed E-state index contributed by atoms with van der Waals surface area (Å²) in [6, 6.07) is 0. The SMILES string of the molecule is COP(N=PC(F)(F)C(F)(F)F)NP. The molecule has 3 nitrogen and oxygen atoms in total.